The third-order valence-corrected chi connectivity index (χ3v) is 4.75. The van der Waals surface area contributed by atoms with Gasteiger partial charge in [-0.1, -0.05) is 34.1 Å². The van der Waals surface area contributed by atoms with Gasteiger partial charge in [-0.2, -0.15) is 0 Å². The first-order valence-electron chi connectivity index (χ1n) is 6.66. The van der Waals surface area contributed by atoms with Crippen molar-refractivity contribution < 1.29 is 4.79 Å². The van der Waals surface area contributed by atoms with E-state index >= 15 is 0 Å². The minimum Gasteiger partial charge on any atom is -0.361 e. The van der Waals surface area contributed by atoms with Crippen LogP contribution in [0.25, 0.3) is 10.9 Å². The van der Waals surface area contributed by atoms with Crippen molar-refractivity contribution in [3.05, 3.63) is 36.0 Å². The number of carbonyl (C=O) groups excluding carboxylic acids is 1. The molecule has 1 aliphatic heterocycles. The standard InChI is InChI=1S/C15H17BrN2O/c16-8-11-7-15(19)18(10-11)6-5-12-9-17-14-4-2-1-3-13(12)14/h1-4,9,11,17H,5-8,10H2. The van der Waals surface area contributed by atoms with Gasteiger partial charge in [-0.25, -0.2) is 0 Å². The molecule has 100 valence electrons. The molecule has 19 heavy (non-hydrogen) atoms. The van der Waals surface area contributed by atoms with Gasteiger partial charge in [0.25, 0.3) is 0 Å². The summed E-state index contributed by atoms with van der Waals surface area (Å²) in [5.74, 6) is 0.778. The lowest BCUT2D eigenvalue weighted by Gasteiger charge is -2.15. The van der Waals surface area contributed by atoms with Gasteiger partial charge in [0.2, 0.25) is 5.91 Å². The van der Waals surface area contributed by atoms with E-state index in [0.29, 0.717) is 18.2 Å². The number of likely N-dealkylation sites (tertiary alicyclic amines) is 1. The van der Waals surface area contributed by atoms with Crippen molar-refractivity contribution in [2.75, 3.05) is 18.4 Å². The number of para-hydroxylation sites is 1. The van der Waals surface area contributed by atoms with Crippen molar-refractivity contribution >= 4 is 32.7 Å². The molecule has 1 aromatic carbocycles. The van der Waals surface area contributed by atoms with Gasteiger partial charge in [-0.05, 0) is 24.0 Å². The van der Waals surface area contributed by atoms with Gasteiger partial charge in [0.05, 0.1) is 0 Å². The average molecular weight is 321 g/mol. The summed E-state index contributed by atoms with van der Waals surface area (Å²) in [6, 6.07) is 8.31. The number of hydrogen-bond acceptors (Lipinski definition) is 1. The van der Waals surface area contributed by atoms with E-state index in [1.54, 1.807) is 0 Å². The van der Waals surface area contributed by atoms with Crippen LogP contribution in [0.2, 0.25) is 0 Å². The van der Waals surface area contributed by atoms with Crippen LogP contribution in [-0.4, -0.2) is 34.2 Å². The minimum absolute atomic E-state index is 0.296. The van der Waals surface area contributed by atoms with Crippen molar-refractivity contribution in [2.45, 2.75) is 12.8 Å². The molecule has 1 N–H and O–H groups in total. The smallest absolute Gasteiger partial charge is 0.222 e. The molecule has 1 aromatic heterocycles. The topological polar surface area (TPSA) is 36.1 Å². The largest absolute Gasteiger partial charge is 0.361 e. The highest BCUT2D eigenvalue weighted by Gasteiger charge is 2.28. The number of aromatic nitrogens is 1. The van der Waals surface area contributed by atoms with Gasteiger partial charge in [0.1, 0.15) is 0 Å². The van der Waals surface area contributed by atoms with Crippen LogP contribution in [0.5, 0.6) is 0 Å². The second kappa shape index (κ2) is 5.37. The summed E-state index contributed by atoms with van der Waals surface area (Å²) in [5, 5.41) is 2.19. The second-order valence-electron chi connectivity index (χ2n) is 5.17. The summed E-state index contributed by atoms with van der Waals surface area (Å²) >= 11 is 3.47. The fraction of sp³-hybridized carbons (Fsp3) is 0.400. The first-order chi connectivity index (χ1) is 9.28. The lowest BCUT2D eigenvalue weighted by Crippen LogP contribution is -2.27. The van der Waals surface area contributed by atoms with Gasteiger partial charge in [-0.15, -0.1) is 0 Å². The number of fused-ring (bicyclic) bond motifs is 1. The molecule has 0 saturated carbocycles. The van der Waals surface area contributed by atoms with Crippen LogP contribution >= 0.6 is 15.9 Å². The Morgan fingerprint density at radius 3 is 3.00 bits per heavy atom. The lowest BCUT2D eigenvalue weighted by atomic mass is 10.1. The van der Waals surface area contributed by atoms with Gasteiger partial charge < -0.3 is 9.88 Å². The Bertz CT molecular complexity index is 593. The van der Waals surface area contributed by atoms with Crippen LogP contribution in [0.3, 0.4) is 0 Å². The molecule has 1 fully saturated rings. The highest BCUT2D eigenvalue weighted by atomic mass is 79.9. The Morgan fingerprint density at radius 1 is 1.37 bits per heavy atom. The number of alkyl halides is 1. The quantitative estimate of drug-likeness (QED) is 0.864. The summed E-state index contributed by atoms with van der Waals surface area (Å²) in [5.41, 5.74) is 2.47. The Labute approximate surface area is 121 Å². The summed E-state index contributed by atoms with van der Waals surface area (Å²) in [6.07, 6.45) is 3.68. The summed E-state index contributed by atoms with van der Waals surface area (Å²) in [7, 11) is 0. The molecule has 1 atom stereocenters. The Balaban J connectivity index is 1.68. The molecule has 0 radical (unpaired) electrons. The number of nitrogens with zero attached hydrogens (tertiary/aromatic N) is 1. The lowest BCUT2D eigenvalue weighted by molar-refractivity contribution is -0.127. The fourth-order valence-corrected chi connectivity index (χ4v) is 3.20. The highest BCUT2D eigenvalue weighted by Crippen LogP contribution is 2.22. The zero-order valence-corrected chi connectivity index (χ0v) is 12.3. The van der Waals surface area contributed by atoms with Crippen LogP contribution in [0.15, 0.2) is 30.5 Å². The SMILES string of the molecule is O=C1CC(CBr)CN1CCc1c[nH]c2ccccc12. The molecule has 0 bridgehead atoms. The molecule has 3 nitrogen and oxygen atoms in total. The molecule has 4 heteroatoms. The van der Waals surface area contributed by atoms with Gasteiger partial charge in [-0.3, -0.25) is 4.79 Å². The van der Waals surface area contributed by atoms with E-state index < -0.39 is 0 Å². The van der Waals surface area contributed by atoms with Crippen molar-refractivity contribution in [1.29, 1.82) is 0 Å². The number of carbonyl (C=O) groups is 1. The monoisotopic (exact) mass is 320 g/mol. The first kappa shape index (κ1) is 12.7. The molecule has 1 saturated heterocycles. The Hall–Kier alpha value is -1.29. The van der Waals surface area contributed by atoms with E-state index in [1.807, 2.05) is 11.0 Å². The van der Waals surface area contributed by atoms with E-state index in [0.717, 1.165) is 24.8 Å². The van der Waals surface area contributed by atoms with Gasteiger partial charge >= 0.3 is 0 Å². The van der Waals surface area contributed by atoms with Crippen LogP contribution in [-0.2, 0) is 11.2 Å². The van der Waals surface area contributed by atoms with Crippen molar-refractivity contribution in [1.82, 2.24) is 9.88 Å². The molecular formula is C15H17BrN2O. The van der Waals surface area contributed by atoms with Crippen LogP contribution in [0.4, 0.5) is 0 Å². The zero-order chi connectivity index (χ0) is 13.2. The Kier molecular flexibility index (Phi) is 3.60. The van der Waals surface area contributed by atoms with Crippen LogP contribution in [0.1, 0.15) is 12.0 Å². The number of rotatable bonds is 4. The molecular weight excluding hydrogens is 304 g/mol. The Morgan fingerprint density at radius 2 is 2.21 bits per heavy atom. The number of H-pyrrole nitrogens is 1. The predicted molar refractivity (Wildman–Crippen MR) is 80.5 cm³/mol. The highest BCUT2D eigenvalue weighted by molar-refractivity contribution is 9.09. The average Bonchev–Trinajstić information content (AvgIpc) is 3.00. The van der Waals surface area contributed by atoms with E-state index in [1.165, 1.54) is 16.5 Å². The number of nitrogens with one attached hydrogen (secondary N) is 1. The number of benzene rings is 1. The predicted octanol–water partition coefficient (Wildman–Crippen LogP) is 2.95. The minimum atomic E-state index is 0.296. The molecule has 1 amide bonds. The normalized spacial score (nSPS) is 19.5. The van der Waals surface area contributed by atoms with Gasteiger partial charge in [0, 0.05) is 41.9 Å². The maximum atomic E-state index is 11.9. The second-order valence-corrected chi connectivity index (χ2v) is 5.82. The van der Waals surface area contributed by atoms with Crippen LogP contribution < -0.4 is 0 Å². The van der Waals surface area contributed by atoms with E-state index in [-0.39, 0.29) is 0 Å². The van der Waals surface area contributed by atoms with Crippen LogP contribution in [0, 0.1) is 5.92 Å². The molecule has 3 rings (SSSR count). The molecule has 1 aliphatic rings. The molecule has 0 spiro atoms. The summed E-state index contributed by atoms with van der Waals surface area (Å²) < 4.78 is 0. The summed E-state index contributed by atoms with van der Waals surface area (Å²) in [6.45, 7) is 1.72. The third-order valence-electron chi connectivity index (χ3n) is 3.84. The van der Waals surface area contributed by atoms with Crippen molar-refractivity contribution in [3.8, 4) is 0 Å². The van der Waals surface area contributed by atoms with Crippen molar-refractivity contribution in [3.63, 3.8) is 0 Å². The zero-order valence-electron chi connectivity index (χ0n) is 10.7. The molecule has 2 heterocycles. The van der Waals surface area contributed by atoms with Crippen molar-refractivity contribution in [2.24, 2.45) is 5.92 Å². The number of halogens is 1. The summed E-state index contributed by atoms with van der Waals surface area (Å²) in [4.78, 5) is 17.1. The number of amides is 1. The van der Waals surface area contributed by atoms with E-state index in [9.17, 15) is 4.79 Å². The first-order valence-corrected chi connectivity index (χ1v) is 7.79. The molecule has 0 aliphatic carbocycles. The maximum Gasteiger partial charge on any atom is 0.222 e. The van der Waals surface area contributed by atoms with Gasteiger partial charge in [0.15, 0.2) is 0 Å². The maximum absolute atomic E-state index is 11.9. The van der Waals surface area contributed by atoms with E-state index in [4.69, 9.17) is 0 Å². The number of aromatic amines is 1. The fourth-order valence-electron chi connectivity index (χ4n) is 2.77. The molecule has 2 aromatic rings. The number of hydrogen-bond donors (Lipinski definition) is 1. The van der Waals surface area contributed by atoms with E-state index in [2.05, 4.69) is 45.3 Å². The molecule has 1 unspecified atom stereocenters. The third kappa shape index (κ3) is 2.54.